The lowest BCUT2D eigenvalue weighted by atomic mass is 10.2. The first-order valence-corrected chi connectivity index (χ1v) is 5.90. The summed E-state index contributed by atoms with van der Waals surface area (Å²) in [5.74, 6) is 1.95. The maximum absolute atomic E-state index is 4.60. The monoisotopic (exact) mass is 226 g/mol. The molecule has 0 aliphatic heterocycles. The van der Waals surface area contributed by atoms with E-state index < -0.39 is 0 Å². The van der Waals surface area contributed by atoms with Crippen molar-refractivity contribution in [3.05, 3.63) is 35.9 Å². The van der Waals surface area contributed by atoms with Crippen LogP contribution in [0, 0.1) is 6.92 Å². The summed E-state index contributed by atoms with van der Waals surface area (Å²) in [5.41, 5.74) is 1.89. The third-order valence-electron chi connectivity index (χ3n) is 2.95. The number of para-hydroxylation sites is 1. The quantitative estimate of drug-likeness (QED) is 0.674. The summed E-state index contributed by atoms with van der Waals surface area (Å²) in [4.78, 5) is 4.60. The Morgan fingerprint density at radius 2 is 2.00 bits per heavy atom. The summed E-state index contributed by atoms with van der Waals surface area (Å²) in [6.45, 7) is 4.15. The Hall–Kier alpha value is -1.97. The molecule has 1 aromatic carbocycles. The van der Waals surface area contributed by atoms with Crippen molar-refractivity contribution in [3.63, 3.8) is 0 Å². The highest BCUT2D eigenvalue weighted by Crippen LogP contribution is 2.19. The molecule has 3 aromatic rings. The van der Waals surface area contributed by atoms with Gasteiger partial charge < -0.3 is 0 Å². The first-order chi connectivity index (χ1) is 8.31. The van der Waals surface area contributed by atoms with Crippen LogP contribution in [0.4, 0.5) is 0 Å². The Balaban J connectivity index is 2.43. The number of rotatable bonds is 2. The van der Waals surface area contributed by atoms with Crippen molar-refractivity contribution in [1.82, 2.24) is 19.6 Å². The van der Waals surface area contributed by atoms with Crippen LogP contribution in [0.5, 0.6) is 0 Å². The highest BCUT2D eigenvalue weighted by Gasteiger charge is 2.11. The van der Waals surface area contributed by atoms with Gasteiger partial charge in [-0.05, 0) is 25.5 Å². The second kappa shape index (κ2) is 3.80. The van der Waals surface area contributed by atoms with E-state index in [1.165, 1.54) is 0 Å². The van der Waals surface area contributed by atoms with Crippen molar-refractivity contribution < 1.29 is 0 Å². The number of nitrogens with zero attached hydrogens (tertiary/aromatic N) is 4. The van der Waals surface area contributed by atoms with E-state index in [4.69, 9.17) is 0 Å². The fourth-order valence-electron chi connectivity index (χ4n) is 2.20. The average Bonchev–Trinajstić information content (AvgIpc) is 2.75. The normalized spacial score (nSPS) is 11.4. The third kappa shape index (κ3) is 1.48. The van der Waals surface area contributed by atoms with E-state index in [1.54, 1.807) is 0 Å². The van der Waals surface area contributed by atoms with Gasteiger partial charge in [0.15, 0.2) is 5.65 Å². The predicted octanol–water partition coefficient (Wildman–Crippen LogP) is 2.54. The molecule has 0 N–H and O–H groups in total. The molecule has 86 valence electrons. The number of fused-ring (bicyclic) bond motifs is 3. The summed E-state index contributed by atoms with van der Waals surface area (Å²) < 4.78 is 2.06. The molecule has 4 nitrogen and oxygen atoms in total. The van der Waals surface area contributed by atoms with E-state index in [2.05, 4.69) is 26.5 Å². The van der Waals surface area contributed by atoms with Crippen LogP contribution in [0.1, 0.15) is 25.0 Å². The smallest absolute Gasteiger partial charge is 0.171 e. The molecule has 2 heterocycles. The SMILES string of the molecule is CCCc1nnc2c3ccccc3nc(C)n12. The standard InChI is InChI=1S/C13H14N4/c1-3-6-12-15-16-13-10-7-4-5-8-11(10)14-9(2)17(12)13/h4-5,7-8H,3,6H2,1-2H3. The molecule has 0 bridgehead atoms. The molecule has 0 spiro atoms. The topological polar surface area (TPSA) is 43.1 Å². The number of aromatic nitrogens is 4. The molecule has 0 radical (unpaired) electrons. The number of benzene rings is 1. The molecular weight excluding hydrogens is 212 g/mol. The minimum atomic E-state index is 0.913. The van der Waals surface area contributed by atoms with Crippen molar-refractivity contribution in [1.29, 1.82) is 0 Å². The predicted molar refractivity (Wildman–Crippen MR) is 67.0 cm³/mol. The molecule has 4 heteroatoms. The first kappa shape index (κ1) is 10.2. The molecule has 0 amide bonds. The lowest BCUT2D eigenvalue weighted by Gasteiger charge is -2.05. The molecule has 3 rings (SSSR count). The summed E-state index contributed by atoms with van der Waals surface area (Å²) in [6.07, 6.45) is 2.00. The molecule has 0 saturated carbocycles. The Bertz CT molecular complexity index is 684. The van der Waals surface area contributed by atoms with Gasteiger partial charge in [0.1, 0.15) is 11.6 Å². The van der Waals surface area contributed by atoms with Gasteiger partial charge in [-0.1, -0.05) is 19.1 Å². The van der Waals surface area contributed by atoms with Crippen LogP contribution in [0.2, 0.25) is 0 Å². The van der Waals surface area contributed by atoms with Crippen LogP contribution in [0.15, 0.2) is 24.3 Å². The zero-order chi connectivity index (χ0) is 11.8. The number of hydrogen-bond acceptors (Lipinski definition) is 3. The van der Waals surface area contributed by atoms with Crippen LogP contribution in [-0.2, 0) is 6.42 Å². The maximum Gasteiger partial charge on any atom is 0.171 e. The second-order valence-electron chi connectivity index (χ2n) is 4.20. The fraction of sp³-hybridized carbons (Fsp3) is 0.308. The first-order valence-electron chi connectivity index (χ1n) is 5.90. The van der Waals surface area contributed by atoms with Crippen LogP contribution >= 0.6 is 0 Å². The highest BCUT2D eigenvalue weighted by molar-refractivity contribution is 5.91. The Morgan fingerprint density at radius 1 is 1.18 bits per heavy atom. The Morgan fingerprint density at radius 3 is 2.82 bits per heavy atom. The van der Waals surface area contributed by atoms with Crippen LogP contribution < -0.4 is 0 Å². The Labute approximate surface area is 99.3 Å². The van der Waals surface area contributed by atoms with Gasteiger partial charge in [0.2, 0.25) is 0 Å². The van der Waals surface area contributed by atoms with Gasteiger partial charge >= 0.3 is 0 Å². The van der Waals surface area contributed by atoms with Gasteiger partial charge in [-0.25, -0.2) is 4.98 Å². The lowest BCUT2D eigenvalue weighted by molar-refractivity contribution is 0.801. The van der Waals surface area contributed by atoms with Gasteiger partial charge in [0.25, 0.3) is 0 Å². The van der Waals surface area contributed by atoms with E-state index in [1.807, 2.05) is 31.2 Å². The van der Waals surface area contributed by atoms with Crippen molar-refractivity contribution in [3.8, 4) is 0 Å². The summed E-state index contributed by atoms with van der Waals surface area (Å²) in [5, 5.41) is 9.63. The molecule has 0 atom stereocenters. The van der Waals surface area contributed by atoms with Crippen LogP contribution in [0.3, 0.4) is 0 Å². The van der Waals surface area contributed by atoms with Crippen molar-refractivity contribution >= 4 is 16.6 Å². The van der Waals surface area contributed by atoms with Gasteiger partial charge in [-0.3, -0.25) is 4.40 Å². The van der Waals surface area contributed by atoms with Crippen LogP contribution in [0.25, 0.3) is 16.6 Å². The van der Waals surface area contributed by atoms with Crippen molar-refractivity contribution in [2.45, 2.75) is 26.7 Å². The molecular formula is C13H14N4. The molecule has 0 fully saturated rings. The molecule has 0 saturated heterocycles. The van der Waals surface area contributed by atoms with E-state index >= 15 is 0 Å². The van der Waals surface area contributed by atoms with E-state index in [0.29, 0.717) is 0 Å². The third-order valence-corrected chi connectivity index (χ3v) is 2.95. The summed E-state index contributed by atoms with van der Waals surface area (Å²) in [6, 6.07) is 8.06. The van der Waals surface area contributed by atoms with Gasteiger partial charge in [0.05, 0.1) is 5.52 Å². The number of aryl methyl sites for hydroxylation is 2. The number of hydrogen-bond donors (Lipinski definition) is 0. The van der Waals surface area contributed by atoms with Gasteiger partial charge in [-0.2, -0.15) is 0 Å². The molecule has 0 unspecified atom stereocenters. The molecule has 0 aliphatic rings. The molecule has 17 heavy (non-hydrogen) atoms. The zero-order valence-electron chi connectivity index (χ0n) is 10.0. The van der Waals surface area contributed by atoms with Gasteiger partial charge in [0, 0.05) is 11.8 Å². The van der Waals surface area contributed by atoms with E-state index in [0.717, 1.165) is 41.0 Å². The van der Waals surface area contributed by atoms with E-state index in [-0.39, 0.29) is 0 Å². The molecule has 2 aromatic heterocycles. The lowest BCUT2D eigenvalue weighted by Crippen LogP contribution is -2.01. The second-order valence-corrected chi connectivity index (χ2v) is 4.20. The Kier molecular flexibility index (Phi) is 2.28. The minimum absolute atomic E-state index is 0.913. The zero-order valence-corrected chi connectivity index (χ0v) is 10.0. The maximum atomic E-state index is 4.60. The molecule has 0 aliphatic carbocycles. The van der Waals surface area contributed by atoms with E-state index in [9.17, 15) is 0 Å². The average molecular weight is 226 g/mol. The fourth-order valence-corrected chi connectivity index (χ4v) is 2.20. The minimum Gasteiger partial charge on any atom is -0.266 e. The summed E-state index contributed by atoms with van der Waals surface area (Å²) >= 11 is 0. The largest absolute Gasteiger partial charge is 0.266 e. The van der Waals surface area contributed by atoms with Crippen molar-refractivity contribution in [2.75, 3.05) is 0 Å². The van der Waals surface area contributed by atoms with Gasteiger partial charge in [-0.15, -0.1) is 10.2 Å². The van der Waals surface area contributed by atoms with Crippen LogP contribution in [-0.4, -0.2) is 19.6 Å². The van der Waals surface area contributed by atoms with Crippen molar-refractivity contribution in [2.24, 2.45) is 0 Å². The summed E-state index contributed by atoms with van der Waals surface area (Å²) in [7, 11) is 0. The highest BCUT2D eigenvalue weighted by atomic mass is 15.3.